The minimum Gasteiger partial charge on any atom is -0.457 e. The molecule has 3 heteroatoms. The molecule has 1 heterocycles. The molecule has 1 fully saturated rings. The average molecular weight is 338 g/mol. The fourth-order valence-corrected chi connectivity index (χ4v) is 3.61. The van der Waals surface area contributed by atoms with Crippen molar-refractivity contribution in [2.24, 2.45) is 0 Å². The number of benzene rings is 2. The van der Waals surface area contributed by atoms with E-state index in [-0.39, 0.29) is 0 Å². The van der Waals surface area contributed by atoms with Gasteiger partial charge in [0.1, 0.15) is 11.5 Å². The molecular weight excluding hydrogens is 308 g/mol. The summed E-state index contributed by atoms with van der Waals surface area (Å²) in [6.07, 6.45) is 4.91. The average Bonchev–Trinajstić information content (AvgIpc) is 2.63. The van der Waals surface area contributed by atoms with Crippen LogP contribution < -0.4 is 10.1 Å². The lowest BCUT2D eigenvalue weighted by atomic mass is 9.98. The Bertz CT molecular complexity index is 626. The summed E-state index contributed by atoms with van der Waals surface area (Å²) in [5.74, 6) is 1.77. The Morgan fingerprint density at radius 3 is 2.48 bits per heavy atom. The fourth-order valence-electron chi connectivity index (χ4n) is 3.61. The lowest BCUT2D eigenvalue weighted by molar-refractivity contribution is 0.214. The van der Waals surface area contributed by atoms with Crippen LogP contribution in [0.5, 0.6) is 11.5 Å². The summed E-state index contributed by atoms with van der Waals surface area (Å²) in [6, 6.07) is 19.5. The number of likely N-dealkylation sites (tertiary alicyclic amines) is 1. The maximum Gasteiger partial charge on any atom is 0.127 e. The van der Waals surface area contributed by atoms with E-state index in [9.17, 15) is 0 Å². The third-order valence-electron chi connectivity index (χ3n) is 4.90. The number of ether oxygens (including phenoxy) is 1. The Kier molecular flexibility index (Phi) is 6.48. The number of piperidine rings is 1. The SMILES string of the molecule is CCCC(N[C@@H]1CCCN(C)C1)c1ccc(Oc2ccccc2)cc1. The molecule has 0 saturated carbocycles. The molecule has 0 radical (unpaired) electrons. The summed E-state index contributed by atoms with van der Waals surface area (Å²) < 4.78 is 5.91. The summed E-state index contributed by atoms with van der Waals surface area (Å²) in [4.78, 5) is 2.43. The molecule has 0 bridgehead atoms. The van der Waals surface area contributed by atoms with E-state index in [1.165, 1.54) is 37.8 Å². The summed E-state index contributed by atoms with van der Waals surface area (Å²) in [7, 11) is 2.22. The topological polar surface area (TPSA) is 24.5 Å². The molecule has 1 saturated heterocycles. The smallest absolute Gasteiger partial charge is 0.127 e. The van der Waals surface area contributed by atoms with Crippen LogP contribution in [-0.2, 0) is 0 Å². The Morgan fingerprint density at radius 1 is 1.08 bits per heavy atom. The Morgan fingerprint density at radius 2 is 1.80 bits per heavy atom. The molecule has 3 nitrogen and oxygen atoms in total. The minimum atomic E-state index is 0.423. The molecule has 1 aliphatic rings. The highest BCUT2D eigenvalue weighted by atomic mass is 16.5. The van der Waals surface area contributed by atoms with Crippen molar-refractivity contribution in [3.05, 3.63) is 60.2 Å². The second-order valence-corrected chi connectivity index (χ2v) is 7.09. The second-order valence-electron chi connectivity index (χ2n) is 7.09. The lowest BCUT2D eigenvalue weighted by Gasteiger charge is -2.33. The monoisotopic (exact) mass is 338 g/mol. The molecule has 0 spiro atoms. The number of rotatable bonds is 7. The molecule has 2 aromatic rings. The number of likely N-dealkylation sites (N-methyl/N-ethyl adjacent to an activating group) is 1. The van der Waals surface area contributed by atoms with Crippen LogP contribution in [0.15, 0.2) is 54.6 Å². The van der Waals surface area contributed by atoms with E-state index < -0.39 is 0 Å². The predicted octanol–water partition coefficient (Wildman–Crippen LogP) is 5.00. The van der Waals surface area contributed by atoms with E-state index in [0.717, 1.165) is 18.0 Å². The maximum absolute atomic E-state index is 5.91. The van der Waals surface area contributed by atoms with Crippen molar-refractivity contribution in [3.8, 4) is 11.5 Å². The number of nitrogens with zero attached hydrogens (tertiary/aromatic N) is 1. The molecule has 2 aromatic carbocycles. The van der Waals surface area contributed by atoms with Gasteiger partial charge in [0.15, 0.2) is 0 Å². The number of nitrogens with one attached hydrogen (secondary N) is 1. The quantitative estimate of drug-likeness (QED) is 0.768. The third kappa shape index (κ3) is 5.32. The zero-order chi connectivity index (χ0) is 17.5. The Labute approximate surface area is 152 Å². The van der Waals surface area contributed by atoms with Crippen molar-refractivity contribution in [1.29, 1.82) is 0 Å². The van der Waals surface area contributed by atoms with Crippen molar-refractivity contribution < 1.29 is 4.74 Å². The summed E-state index contributed by atoms with van der Waals surface area (Å²) in [5.41, 5.74) is 1.36. The van der Waals surface area contributed by atoms with Crippen molar-refractivity contribution in [2.45, 2.75) is 44.7 Å². The molecule has 0 aromatic heterocycles. The van der Waals surface area contributed by atoms with Gasteiger partial charge in [-0.1, -0.05) is 43.7 Å². The van der Waals surface area contributed by atoms with Gasteiger partial charge in [0.25, 0.3) is 0 Å². The first-order valence-corrected chi connectivity index (χ1v) is 9.52. The zero-order valence-corrected chi connectivity index (χ0v) is 15.4. The molecule has 134 valence electrons. The summed E-state index contributed by atoms with van der Waals surface area (Å²) in [5, 5.41) is 3.89. The highest BCUT2D eigenvalue weighted by Gasteiger charge is 2.21. The van der Waals surface area contributed by atoms with Crippen molar-refractivity contribution in [3.63, 3.8) is 0 Å². The van der Waals surface area contributed by atoms with Gasteiger partial charge >= 0.3 is 0 Å². The van der Waals surface area contributed by atoms with Crippen molar-refractivity contribution in [2.75, 3.05) is 20.1 Å². The van der Waals surface area contributed by atoms with Gasteiger partial charge in [-0.05, 0) is 62.7 Å². The Hall–Kier alpha value is -1.84. The van der Waals surface area contributed by atoms with Crippen LogP contribution in [0.4, 0.5) is 0 Å². The van der Waals surface area contributed by atoms with E-state index in [0.29, 0.717) is 12.1 Å². The first kappa shape index (κ1) is 18.0. The van der Waals surface area contributed by atoms with Gasteiger partial charge in [0, 0.05) is 18.6 Å². The molecular formula is C22H30N2O. The minimum absolute atomic E-state index is 0.423. The lowest BCUT2D eigenvalue weighted by Crippen LogP contribution is -2.45. The predicted molar refractivity (Wildman–Crippen MR) is 104 cm³/mol. The summed E-state index contributed by atoms with van der Waals surface area (Å²) in [6.45, 7) is 4.63. The first-order chi connectivity index (χ1) is 12.2. The van der Waals surface area contributed by atoms with Crippen LogP contribution >= 0.6 is 0 Å². The van der Waals surface area contributed by atoms with E-state index in [1.807, 2.05) is 30.3 Å². The number of hydrogen-bond donors (Lipinski definition) is 1. The largest absolute Gasteiger partial charge is 0.457 e. The van der Waals surface area contributed by atoms with E-state index in [2.05, 4.69) is 48.5 Å². The van der Waals surface area contributed by atoms with Crippen LogP contribution in [0.25, 0.3) is 0 Å². The van der Waals surface area contributed by atoms with Gasteiger partial charge in [-0.3, -0.25) is 0 Å². The van der Waals surface area contributed by atoms with Gasteiger partial charge in [-0.2, -0.15) is 0 Å². The first-order valence-electron chi connectivity index (χ1n) is 9.52. The molecule has 0 amide bonds. The normalized spacial score (nSPS) is 19.5. The van der Waals surface area contributed by atoms with Gasteiger partial charge < -0.3 is 15.0 Å². The molecule has 2 atom stereocenters. The van der Waals surface area contributed by atoms with Crippen LogP contribution in [0.3, 0.4) is 0 Å². The van der Waals surface area contributed by atoms with E-state index in [1.54, 1.807) is 0 Å². The number of para-hydroxylation sites is 1. The molecule has 3 rings (SSSR count). The molecule has 25 heavy (non-hydrogen) atoms. The Balaban J connectivity index is 1.64. The van der Waals surface area contributed by atoms with Gasteiger partial charge in [-0.15, -0.1) is 0 Å². The third-order valence-corrected chi connectivity index (χ3v) is 4.90. The standard InChI is InChI=1S/C22H30N2O/c1-3-8-22(23-19-9-7-16-24(2)17-19)18-12-14-21(15-13-18)25-20-10-5-4-6-11-20/h4-6,10-15,19,22-23H,3,7-9,16-17H2,1-2H3/t19-,22?/m1/s1. The van der Waals surface area contributed by atoms with Gasteiger partial charge in [0.05, 0.1) is 0 Å². The molecule has 0 aliphatic carbocycles. The van der Waals surface area contributed by atoms with E-state index >= 15 is 0 Å². The van der Waals surface area contributed by atoms with E-state index in [4.69, 9.17) is 4.74 Å². The maximum atomic E-state index is 5.91. The van der Waals surface area contributed by atoms with Crippen molar-refractivity contribution >= 4 is 0 Å². The summed E-state index contributed by atoms with van der Waals surface area (Å²) >= 11 is 0. The van der Waals surface area contributed by atoms with Gasteiger partial charge in [-0.25, -0.2) is 0 Å². The van der Waals surface area contributed by atoms with Crippen LogP contribution in [-0.4, -0.2) is 31.1 Å². The van der Waals surface area contributed by atoms with Gasteiger partial charge in [0.2, 0.25) is 0 Å². The fraction of sp³-hybridized carbons (Fsp3) is 0.455. The molecule has 1 unspecified atom stereocenters. The highest BCUT2D eigenvalue weighted by Crippen LogP contribution is 2.26. The van der Waals surface area contributed by atoms with Crippen LogP contribution in [0, 0.1) is 0 Å². The highest BCUT2D eigenvalue weighted by molar-refractivity contribution is 5.34. The molecule has 1 N–H and O–H groups in total. The van der Waals surface area contributed by atoms with Crippen LogP contribution in [0.2, 0.25) is 0 Å². The number of hydrogen-bond acceptors (Lipinski definition) is 3. The van der Waals surface area contributed by atoms with Crippen LogP contribution in [0.1, 0.15) is 44.2 Å². The zero-order valence-electron chi connectivity index (χ0n) is 15.4. The second kappa shape index (κ2) is 9.02. The van der Waals surface area contributed by atoms with Crippen molar-refractivity contribution in [1.82, 2.24) is 10.2 Å². The molecule has 1 aliphatic heterocycles.